The summed E-state index contributed by atoms with van der Waals surface area (Å²) in [4.78, 5) is 27.6. The molecule has 0 aliphatic rings. The average Bonchev–Trinajstić information content (AvgIpc) is 2.84. The van der Waals surface area contributed by atoms with Crippen molar-refractivity contribution >= 4 is 17.5 Å². The molecule has 0 radical (unpaired) electrons. The summed E-state index contributed by atoms with van der Waals surface area (Å²) in [5.74, 6) is 0.601. The molecule has 0 unspecified atom stereocenters. The summed E-state index contributed by atoms with van der Waals surface area (Å²) in [6, 6.07) is 24.3. The quantitative estimate of drug-likeness (QED) is 0.467. The van der Waals surface area contributed by atoms with Gasteiger partial charge in [0, 0.05) is 24.3 Å². The highest BCUT2D eigenvalue weighted by molar-refractivity contribution is 5.94. The van der Waals surface area contributed by atoms with E-state index in [2.05, 4.69) is 5.32 Å². The van der Waals surface area contributed by atoms with E-state index in [0.717, 1.165) is 16.9 Å². The lowest BCUT2D eigenvalue weighted by Gasteiger charge is -2.32. The number of ether oxygens (including phenoxy) is 1. The summed E-state index contributed by atoms with van der Waals surface area (Å²) < 4.78 is 5.16. The standard InChI is InChI=1S/C28H33N3O3/c1-28(2,19-29)20-31(27(33)23-9-5-4-6-10-23)18-22-8-7-11-24(16-22)30-26(32)17-21-12-14-25(34-3)15-13-21/h4-16H,17-20,29H2,1-3H3,(H,30,32). The number of hydrogen-bond acceptors (Lipinski definition) is 4. The minimum atomic E-state index is -0.228. The second kappa shape index (κ2) is 11.5. The van der Waals surface area contributed by atoms with E-state index in [1.54, 1.807) is 7.11 Å². The zero-order chi connectivity index (χ0) is 24.6. The molecular weight excluding hydrogens is 426 g/mol. The molecule has 178 valence electrons. The number of carbonyl (C=O) groups excluding carboxylic acids is 2. The van der Waals surface area contributed by atoms with E-state index in [4.69, 9.17) is 10.5 Å². The lowest BCUT2D eigenvalue weighted by atomic mass is 9.92. The zero-order valence-corrected chi connectivity index (χ0v) is 20.1. The van der Waals surface area contributed by atoms with Crippen LogP contribution in [0.5, 0.6) is 5.75 Å². The first-order valence-corrected chi connectivity index (χ1v) is 11.4. The fraction of sp³-hybridized carbons (Fsp3) is 0.286. The van der Waals surface area contributed by atoms with Crippen molar-refractivity contribution in [1.82, 2.24) is 4.90 Å². The molecule has 3 N–H and O–H groups in total. The van der Waals surface area contributed by atoms with Crippen molar-refractivity contribution in [3.05, 3.63) is 95.6 Å². The Morgan fingerprint density at radius 2 is 1.65 bits per heavy atom. The molecule has 3 aromatic rings. The SMILES string of the molecule is COc1ccc(CC(=O)Nc2cccc(CN(CC(C)(C)CN)C(=O)c3ccccc3)c2)cc1. The van der Waals surface area contributed by atoms with Gasteiger partial charge in [-0.05, 0) is 59.5 Å². The highest BCUT2D eigenvalue weighted by Crippen LogP contribution is 2.21. The second-order valence-corrected chi connectivity index (χ2v) is 9.17. The van der Waals surface area contributed by atoms with Gasteiger partial charge in [0.2, 0.25) is 5.91 Å². The number of amides is 2. The average molecular weight is 460 g/mol. The molecule has 6 nitrogen and oxygen atoms in total. The molecule has 0 fully saturated rings. The minimum absolute atomic E-state index is 0.0453. The molecule has 0 heterocycles. The van der Waals surface area contributed by atoms with Gasteiger partial charge in [0.05, 0.1) is 13.5 Å². The molecule has 0 aliphatic heterocycles. The van der Waals surface area contributed by atoms with Gasteiger partial charge in [-0.25, -0.2) is 0 Å². The Hall–Kier alpha value is -3.64. The Kier molecular flexibility index (Phi) is 8.44. The van der Waals surface area contributed by atoms with Crippen LogP contribution < -0.4 is 15.8 Å². The number of hydrogen-bond donors (Lipinski definition) is 2. The third-order valence-electron chi connectivity index (χ3n) is 5.59. The number of nitrogens with two attached hydrogens (primary N) is 1. The minimum Gasteiger partial charge on any atom is -0.497 e. The van der Waals surface area contributed by atoms with Crippen LogP contribution in [0.2, 0.25) is 0 Å². The first kappa shape index (κ1) is 25.0. The van der Waals surface area contributed by atoms with Gasteiger partial charge < -0.3 is 20.7 Å². The summed E-state index contributed by atoms with van der Waals surface area (Å²) in [5.41, 5.74) is 8.89. The molecule has 0 aromatic heterocycles. The van der Waals surface area contributed by atoms with Gasteiger partial charge >= 0.3 is 0 Å². The molecular formula is C28H33N3O3. The van der Waals surface area contributed by atoms with Crippen molar-refractivity contribution < 1.29 is 14.3 Å². The number of rotatable bonds is 10. The molecule has 0 atom stereocenters. The van der Waals surface area contributed by atoms with Crippen molar-refractivity contribution in [1.29, 1.82) is 0 Å². The van der Waals surface area contributed by atoms with Crippen molar-refractivity contribution in [2.75, 3.05) is 25.5 Å². The monoisotopic (exact) mass is 459 g/mol. The maximum Gasteiger partial charge on any atom is 0.254 e. The summed E-state index contributed by atoms with van der Waals surface area (Å²) in [6.45, 7) is 5.50. The van der Waals surface area contributed by atoms with Gasteiger partial charge in [-0.15, -0.1) is 0 Å². The van der Waals surface area contributed by atoms with E-state index in [1.165, 1.54) is 0 Å². The fourth-order valence-corrected chi connectivity index (χ4v) is 3.65. The highest BCUT2D eigenvalue weighted by atomic mass is 16.5. The smallest absolute Gasteiger partial charge is 0.254 e. The van der Waals surface area contributed by atoms with Crippen LogP contribution in [-0.4, -0.2) is 36.9 Å². The first-order valence-electron chi connectivity index (χ1n) is 11.4. The summed E-state index contributed by atoms with van der Waals surface area (Å²) in [7, 11) is 1.61. The number of methoxy groups -OCH3 is 1. The van der Waals surface area contributed by atoms with Crippen LogP contribution in [-0.2, 0) is 17.8 Å². The molecule has 0 aliphatic carbocycles. The lowest BCUT2D eigenvalue weighted by Crippen LogP contribution is -2.41. The van der Waals surface area contributed by atoms with Gasteiger partial charge in [-0.1, -0.05) is 56.3 Å². The van der Waals surface area contributed by atoms with Gasteiger partial charge in [-0.3, -0.25) is 9.59 Å². The third-order valence-corrected chi connectivity index (χ3v) is 5.59. The van der Waals surface area contributed by atoms with E-state index in [9.17, 15) is 9.59 Å². The number of carbonyl (C=O) groups is 2. The Morgan fingerprint density at radius 3 is 2.29 bits per heavy atom. The molecule has 0 spiro atoms. The predicted octanol–water partition coefficient (Wildman–Crippen LogP) is 4.50. The molecule has 0 bridgehead atoms. The number of nitrogens with zero attached hydrogens (tertiary/aromatic N) is 1. The largest absolute Gasteiger partial charge is 0.497 e. The van der Waals surface area contributed by atoms with E-state index in [-0.39, 0.29) is 23.7 Å². The zero-order valence-electron chi connectivity index (χ0n) is 20.1. The van der Waals surface area contributed by atoms with E-state index >= 15 is 0 Å². The van der Waals surface area contributed by atoms with Crippen molar-refractivity contribution in [2.24, 2.45) is 11.1 Å². The van der Waals surface area contributed by atoms with Gasteiger partial charge in [0.25, 0.3) is 5.91 Å². The Morgan fingerprint density at radius 1 is 0.941 bits per heavy atom. The number of anilines is 1. The maximum atomic E-state index is 13.3. The van der Waals surface area contributed by atoms with Crippen molar-refractivity contribution in [3.63, 3.8) is 0 Å². The van der Waals surface area contributed by atoms with E-state index in [0.29, 0.717) is 30.9 Å². The maximum absolute atomic E-state index is 13.3. The number of benzene rings is 3. The van der Waals surface area contributed by atoms with Crippen LogP contribution in [0.3, 0.4) is 0 Å². The fourth-order valence-electron chi connectivity index (χ4n) is 3.65. The molecule has 3 rings (SSSR count). The normalized spacial score (nSPS) is 11.1. The number of nitrogens with one attached hydrogen (secondary N) is 1. The molecule has 0 saturated heterocycles. The van der Waals surface area contributed by atoms with Crippen molar-refractivity contribution in [2.45, 2.75) is 26.8 Å². The molecule has 6 heteroatoms. The molecule has 3 aromatic carbocycles. The third kappa shape index (κ3) is 7.18. The van der Waals surface area contributed by atoms with Crippen LogP contribution in [0.25, 0.3) is 0 Å². The summed E-state index contributed by atoms with van der Waals surface area (Å²) in [6.07, 6.45) is 0.261. The van der Waals surface area contributed by atoms with Gasteiger partial charge in [-0.2, -0.15) is 0 Å². The van der Waals surface area contributed by atoms with Crippen LogP contribution >= 0.6 is 0 Å². The first-order chi connectivity index (χ1) is 16.3. The van der Waals surface area contributed by atoms with Crippen LogP contribution in [0.1, 0.15) is 35.3 Å². The Bertz CT molecular complexity index is 1100. The van der Waals surface area contributed by atoms with Crippen LogP contribution in [0.15, 0.2) is 78.9 Å². The topological polar surface area (TPSA) is 84.7 Å². The Labute approximate surface area is 201 Å². The summed E-state index contributed by atoms with van der Waals surface area (Å²) in [5, 5.41) is 2.96. The van der Waals surface area contributed by atoms with Crippen LogP contribution in [0, 0.1) is 5.41 Å². The molecule has 2 amide bonds. The molecule has 34 heavy (non-hydrogen) atoms. The second-order valence-electron chi connectivity index (χ2n) is 9.17. The van der Waals surface area contributed by atoms with Crippen LogP contribution in [0.4, 0.5) is 5.69 Å². The Balaban J connectivity index is 1.72. The predicted molar refractivity (Wildman–Crippen MR) is 136 cm³/mol. The molecule has 0 saturated carbocycles. The van der Waals surface area contributed by atoms with Gasteiger partial charge in [0.15, 0.2) is 0 Å². The van der Waals surface area contributed by atoms with Crippen molar-refractivity contribution in [3.8, 4) is 5.75 Å². The van der Waals surface area contributed by atoms with E-state index in [1.807, 2.05) is 97.6 Å². The van der Waals surface area contributed by atoms with Gasteiger partial charge in [0.1, 0.15) is 5.75 Å². The van der Waals surface area contributed by atoms with E-state index < -0.39 is 0 Å². The lowest BCUT2D eigenvalue weighted by molar-refractivity contribution is -0.115. The highest BCUT2D eigenvalue weighted by Gasteiger charge is 2.25. The summed E-state index contributed by atoms with van der Waals surface area (Å²) >= 11 is 0.